The monoisotopic (exact) mass is 363 g/mol. The van der Waals surface area contributed by atoms with Crippen LogP contribution in [0, 0.1) is 0 Å². The van der Waals surface area contributed by atoms with E-state index >= 15 is 0 Å². The van der Waals surface area contributed by atoms with Crippen LogP contribution in [0.25, 0.3) is 0 Å². The van der Waals surface area contributed by atoms with Crippen molar-refractivity contribution in [3.05, 3.63) is 16.0 Å². The first-order chi connectivity index (χ1) is 10.5. The fourth-order valence-corrected chi connectivity index (χ4v) is 3.87. The van der Waals surface area contributed by atoms with E-state index in [2.05, 4.69) is 5.32 Å². The van der Waals surface area contributed by atoms with E-state index in [1.807, 2.05) is 6.92 Å². The third kappa shape index (κ3) is 4.15. The Bertz CT molecular complexity index is 557. The zero-order chi connectivity index (χ0) is 16.1. The fraction of sp³-hybridized carbons (Fsp3) is 0.600. The second-order valence-corrected chi connectivity index (χ2v) is 7.40. The van der Waals surface area contributed by atoms with E-state index in [1.54, 1.807) is 0 Å². The van der Waals surface area contributed by atoms with Crippen LogP contribution in [0.2, 0.25) is 0 Å². The van der Waals surface area contributed by atoms with Crippen molar-refractivity contribution in [2.24, 2.45) is 0 Å². The average molecular weight is 364 g/mol. The molecule has 1 aromatic heterocycles. The molecule has 0 fully saturated rings. The van der Waals surface area contributed by atoms with Crippen LogP contribution < -0.4 is 5.32 Å². The van der Waals surface area contributed by atoms with Gasteiger partial charge in [0.2, 0.25) is 0 Å². The summed E-state index contributed by atoms with van der Waals surface area (Å²) in [5.41, 5.74) is 1.50. The maximum atomic E-state index is 12.4. The summed E-state index contributed by atoms with van der Waals surface area (Å²) in [6, 6.07) is 0. The Morgan fingerprint density at radius 3 is 2.68 bits per heavy atom. The van der Waals surface area contributed by atoms with Gasteiger partial charge < -0.3 is 10.1 Å². The topological polar surface area (TPSA) is 55.4 Å². The average Bonchev–Trinajstić information content (AvgIpc) is 2.66. The largest absolute Gasteiger partial charge is 0.462 e. The summed E-state index contributed by atoms with van der Waals surface area (Å²) in [4.78, 5) is 24.1. The zero-order valence-corrected chi connectivity index (χ0v) is 14.7. The van der Waals surface area contributed by atoms with Gasteiger partial charge >= 0.3 is 5.97 Å². The van der Waals surface area contributed by atoms with Gasteiger partial charge in [-0.3, -0.25) is 4.79 Å². The first-order valence-corrected chi connectivity index (χ1v) is 9.14. The number of carbonyl (C=O) groups is 2. The molecule has 1 aromatic rings. The summed E-state index contributed by atoms with van der Waals surface area (Å²) in [5, 5.41) is 3.16. The van der Waals surface area contributed by atoms with Gasteiger partial charge in [0.1, 0.15) is 5.00 Å². The smallest absolute Gasteiger partial charge is 0.341 e. The molecule has 7 heteroatoms. The minimum atomic E-state index is -1.17. The molecule has 1 amide bonds. The number of alkyl halides is 2. The van der Waals surface area contributed by atoms with Gasteiger partial charge in [-0.1, -0.05) is 36.5 Å². The van der Waals surface area contributed by atoms with E-state index < -0.39 is 10.7 Å². The van der Waals surface area contributed by atoms with Crippen LogP contribution in [-0.2, 0) is 22.4 Å². The van der Waals surface area contributed by atoms with Gasteiger partial charge in [-0.05, 0) is 37.7 Å². The van der Waals surface area contributed by atoms with Crippen molar-refractivity contribution in [2.75, 3.05) is 11.9 Å². The van der Waals surface area contributed by atoms with E-state index in [0.29, 0.717) is 17.2 Å². The van der Waals surface area contributed by atoms with E-state index in [1.165, 1.54) is 11.3 Å². The van der Waals surface area contributed by atoms with Crippen LogP contribution in [0.4, 0.5) is 5.00 Å². The van der Waals surface area contributed by atoms with Crippen molar-refractivity contribution in [1.29, 1.82) is 0 Å². The SMILES string of the molecule is CCCOC(=O)c1c(NC(=O)C(Cl)Cl)sc2c1CCCCC2. The third-order valence-corrected chi connectivity index (χ3v) is 5.10. The minimum absolute atomic E-state index is 0.366. The fourth-order valence-electron chi connectivity index (χ4n) is 2.48. The summed E-state index contributed by atoms with van der Waals surface area (Å²) in [7, 11) is 0. The summed E-state index contributed by atoms with van der Waals surface area (Å²) in [6.07, 6.45) is 5.80. The Hall–Kier alpha value is -0.780. The number of ether oxygens (including phenoxy) is 1. The standard InChI is InChI=1S/C15H19Cl2NO3S/c1-2-8-21-15(20)11-9-6-4-3-5-7-10(9)22-14(11)18-13(19)12(16)17/h12H,2-8H2,1H3,(H,18,19). The number of fused-ring (bicyclic) bond motifs is 1. The maximum absolute atomic E-state index is 12.4. The predicted molar refractivity (Wildman–Crippen MR) is 90.3 cm³/mol. The van der Waals surface area contributed by atoms with Crippen LogP contribution in [0.3, 0.4) is 0 Å². The quantitative estimate of drug-likeness (QED) is 0.481. The lowest BCUT2D eigenvalue weighted by Crippen LogP contribution is -2.20. The maximum Gasteiger partial charge on any atom is 0.341 e. The van der Waals surface area contributed by atoms with Crippen molar-refractivity contribution in [3.63, 3.8) is 0 Å². The molecule has 0 saturated heterocycles. The van der Waals surface area contributed by atoms with E-state index in [0.717, 1.165) is 49.0 Å². The third-order valence-electron chi connectivity index (χ3n) is 3.50. The lowest BCUT2D eigenvalue weighted by molar-refractivity contribution is -0.114. The van der Waals surface area contributed by atoms with Gasteiger partial charge in [-0.25, -0.2) is 4.79 Å². The van der Waals surface area contributed by atoms with Crippen molar-refractivity contribution in [2.45, 2.75) is 50.3 Å². The number of thiophene rings is 1. The molecule has 2 rings (SSSR count). The highest BCUT2D eigenvalue weighted by Gasteiger charge is 2.27. The summed E-state index contributed by atoms with van der Waals surface area (Å²) < 4.78 is 5.28. The number of rotatable bonds is 5. The van der Waals surface area contributed by atoms with Gasteiger partial charge in [-0.15, -0.1) is 11.3 Å². The number of hydrogen-bond acceptors (Lipinski definition) is 4. The predicted octanol–water partition coefficient (Wildman–Crippen LogP) is 4.33. The number of amides is 1. The van der Waals surface area contributed by atoms with E-state index in [4.69, 9.17) is 27.9 Å². The second-order valence-electron chi connectivity index (χ2n) is 5.19. The molecule has 0 bridgehead atoms. The molecular weight excluding hydrogens is 345 g/mol. The van der Waals surface area contributed by atoms with Gasteiger partial charge in [0, 0.05) is 4.88 Å². The molecular formula is C15H19Cl2NO3S. The van der Waals surface area contributed by atoms with Gasteiger partial charge in [0.25, 0.3) is 5.91 Å². The van der Waals surface area contributed by atoms with Crippen LogP contribution >= 0.6 is 34.5 Å². The number of carbonyl (C=O) groups excluding carboxylic acids is 2. The molecule has 0 atom stereocenters. The molecule has 0 saturated carbocycles. The van der Waals surface area contributed by atoms with E-state index in [-0.39, 0.29) is 5.97 Å². The summed E-state index contributed by atoms with van der Waals surface area (Å²) in [6.45, 7) is 2.31. The van der Waals surface area contributed by atoms with Crippen LogP contribution in [-0.4, -0.2) is 23.3 Å². The Balaban J connectivity index is 2.34. The summed E-state index contributed by atoms with van der Waals surface area (Å²) >= 11 is 12.6. The highest BCUT2D eigenvalue weighted by Crippen LogP contribution is 2.38. The molecule has 0 aromatic carbocycles. The van der Waals surface area contributed by atoms with Crippen molar-refractivity contribution >= 4 is 51.4 Å². The molecule has 1 N–H and O–H groups in total. The molecule has 1 aliphatic rings. The van der Waals surface area contributed by atoms with Gasteiger partial charge in [0.05, 0.1) is 12.2 Å². The van der Waals surface area contributed by atoms with Gasteiger partial charge in [0.15, 0.2) is 4.84 Å². The highest BCUT2D eigenvalue weighted by atomic mass is 35.5. The van der Waals surface area contributed by atoms with Crippen LogP contribution in [0.1, 0.15) is 53.4 Å². The van der Waals surface area contributed by atoms with Crippen molar-refractivity contribution in [1.82, 2.24) is 0 Å². The number of esters is 1. The lowest BCUT2D eigenvalue weighted by atomic mass is 10.1. The number of halogens is 2. The molecule has 1 heterocycles. The Morgan fingerprint density at radius 2 is 2.00 bits per heavy atom. The van der Waals surface area contributed by atoms with Crippen molar-refractivity contribution in [3.8, 4) is 0 Å². The lowest BCUT2D eigenvalue weighted by Gasteiger charge is -2.09. The Morgan fingerprint density at radius 1 is 1.27 bits per heavy atom. The molecule has 22 heavy (non-hydrogen) atoms. The van der Waals surface area contributed by atoms with E-state index in [9.17, 15) is 9.59 Å². The molecule has 4 nitrogen and oxygen atoms in total. The van der Waals surface area contributed by atoms with Crippen molar-refractivity contribution < 1.29 is 14.3 Å². The normalized spacial score (nSPS) is 14.4. The van der Waals surface area contributed by atoms with Crippen LogP contribution in [0.15, 0.2) is 0 Å². The molecule has 0 unspecified atom stereocenters. The number of aryl methyl sites for hydroxylation is 1. The number of anilines is 1. The zero-order valence-electron chi connectivity index (χ0n) is 12.4. The van der Waals surface area contributed by atoms with Crippen LogP contribution in [0.5, 0.6) is 0 Å². The first-order valence-electron chi connectivity index (χ1n) is 7.45. The Kier molecular flexibility index (Phi) is 6.53. The first kappa shape index (κ1) is 17.6. The Labute approximate surface area is 144 Å². The molecule has 1 aliphatic carbocycles. The second kappa shape index (κ2) is 8.18. The summed E-state index contributed by atoms with van der Waals surface area (Å²) in [5.74, 6) is -0.901. The molecule has 0 spiro atoms. The molecule has 0 radical (unpaired) electrons. The van der Waals surface area contributed by atoms with Gasteiger partial charge in [-0.2, -0.15) is 0 Å². The molecule has 0 aliphatic heterocycles. The molecule has 122 valence electrons. The highest BCUT2D eigenvalue weighted by molar-refractivity contribution is 7.17. The number of nitrogens with one attached hydrogen (secondary N) is 1. The minimum Gasteiger partial charge on any atom is -0.462 e. The number of hydrogen-bond donors (Lipinski definition) is 1.